The minimum Gasteiger partial charge on any atom is -0.457 e. The van der Waals surface area contributed by atoms with Crippen molar-refractivity contribution in [2.24, 2.45) is 0 Å². The zero-order valence-electron chi connectivity index (χ0n) is 25.2. The predicted molar refractivity (Wildman–Crippen MR) is 161 cm³/mol. The van der Waals surface area contributed by atoms with E-state index in [4.69, 9.17) is 31.5 Å². The minimum absolute atomic E-state index is 0.107. The van der Waals surface area contributed by atoms with Crippen LogP contribution >= 0.6 is 7.60 Å². The molecular formula is C30H35O13PS. The first kappa shape index (κ1) is 34.2. The molecule has 0 saturated carbocycles. The predicted octanol–water partition coefficient (Wildman–Crippen LogP) is 6.98. The van der Waals surface area contributed by atoms with Crippen LogP contribution in [0.3, 0.4) is 0 Å². The summed E-state index contributed by atoms with van der Waals surface area (Å²) < 4.78 is 87.0. The fourth-order valence-electron chi connectivity index (χ4n) is 4.56. The molecule has 0 amide bonds. The van der Waals surface area contributed by atoms with E-state index < -0.39 is 47.6 Å². The van der Waals surface area contributed by atoms with Crippen LogP contribution in [0.1, 0.15) is 81.0 Å². The molecule has 1 atom stereocenters. The summed E-state index contributed by atoms with van der Waals surface area (Å²) in [5.74, 6) is -1.55. The fourth-order valence-corrected chi connectivity index (χ4v) is 8.19. The highest BCUT2D eigenvalue weighted by Gasteiger charge is 2.45. The second kappa shape index (κ2) is 14.6. The monoisotopic (exact) mass is 666 g/mol. The third kappa shape index (κ3) is 9.18. The normalized spacial score (nSPS) is 13.0. The highest BCUT2D eigenvalue weighted by Crippen LogP contribution is 2.58. The lowest BCUT2D eigenvalue weighted by Crippen LogP contribution is -2.24. The Balaban J connectivity index is 1.57. The van der Waals surface area contributed by atoms with Gasteiger partial charge >= 0.3 is 19.2 Å². The van der Waals surface area contributed by atoms with E-state index in [1.807, 2.05) is 24.3 Å². The molecule has 244 valence electrons. The molecule has 0 radical (unpaired) electrons. The van der Waals surface area contributed by atoms with Gasteiger partial charge in [0.1, 0.15) is 24.7 Å². The molecule has 0 aliphatic carbocycles. The Morgan fingerprint density at radius 2 is 1.31 bits per heavy atom. The highest BCUT2D eigenvalue weighted by atomic mass is 32.2. The van der Waals surface area contributed by atoms with Crippen molar-refractivity contribution in [1.82, 2.24) is 0 Å². The third-order valence-corrected chi connectivity index (χ3v) is 11.1. The van der Waals surface area contributed by atoms with E-state index in [1.165, 1.54) is 0 Å². The Labute approximate surface area is 259 Å². The van der Waals surface area contributed by atoms with Crippen LogP contribution in [0.2, 0.25) is 0 Å². The van der Waals surface area contributed by atoms with Crippen molar-refractivity contribution < 1.29 is 49.0 Å². The van der Waals surface area contributed by atoms with Gasteiger partial charge in [0, 0.05) is 11.8 Å². The lowest BCUT2D eigenvalue weighted by atomic mass is 10.1. The molecule has 45 heavy (non-hydrogen) atoms. The molecule has 0 bridgehead atoms. The molecule has 0 aliphatic heterocycles. The fraction of sp³-hybridized carbons (Fsp3) is 0.400. The van der Waals surface area contributed by atoms with Crippen LogP contribution in [0.15, 0.2) is 81.9 Å². The lowest BCUT2D eigenvalue weighted by Gasteiger charge is -2.24. The maximum Gasteiger partial charge on any atom is 0.519 e. The second-order valence-electron chi connectivity index (χ2n) is 10.8. The van der Waals surface area contributed by atoms with Gasteiger partial charge in [-0.1, -0.05) is 58.0 Å². The van der Waals surface area contributed by atoms with Gasteiger partial charge in [0.15, 0.2) is 28.0 Å². The van der Waals surface area contributed by atoms with Crippen molar-refractivity contribution in [2.45, 2.75) is 77.0 Å². The van der Waals surface area contributed by atoms with Crippen molar-refractivity contribution in [3.8, 4) is 11.5 Å². The molecule has 4 aromatic rings. The second-order valence-corrected chi connectivity index (χ2v) is 15.0. The van der Waals surface area contributed by atoms with Crippen molar-refractivity contribution in [1.29, 1.82) is 0 Å². The van der Waals surface area contributed by atoms with Gasteiger partial charge in [0.2, 0.25) is 0 Å². The number of ether oxygens (including phenoxy) is 1. The molecule has 0 aliphatic rings. The van der Waals surface area contributed by atoms with Crippen molar-refractivity contribution in [3.63, 3.8) is 0 Å². The van der Waals surface area contributed by atoms with E-state index in [1.54, 1.807) is 58.0 Å². The van der Waals surface area contributed by atoms with Gasteiger partial charge in [0.05, 0.1) is 0 Å². The Kier molecular flexibility index (Phi) is 11.1. The summed E-state index contributed by atoms with van der Waals surface area (Å²) in [6.07, 6.45) is 0.102. The van der Waals surface area contributed by atoms with Crippen LogP contribution in [-0.2, 0) is 43.4 Å². The van der Waals surface area contributed by atoms with Crippen molar-refractivity contribution in [2.75, 3.05) is 0 Å². The van der Waals surface area contributed by atoms with Crippen molar-refractivity contribution >= 4 is 17.7 Å². The maximum atomic E-state index is 14.3. The van der Waals surface area contributed by atoms with E-state index >= 15 is 0 Å². The third-order valence-electron chi connectivity index (χ3n) is 6.64. The molecule has 1 N–H and O–H groups in total. The van der Waals surface area contributed by atoms with Gasteiger partial charge in [-0.15, -0.1) is 0 Å². The van der Waals surface area contributed by atoms with Crippen LogP contribution in [0.5, 0.6) is 11.5 Å². The van der Waals surface area contributed by atoms with Crippen LogP contribution in [-0.4, -0.2) is 18.0 Å². The molecule has 0 saturated heterocycles. The SMILES string of the molecule is CC(C)c1oc(=O)oc1COP(=O)(OCc1oc(=O)oc1C(C)C)C(CCCc1cccc(Oc2ccccc2)c1)S(=O)(=O)O. The van der Waals surface area contributed by atoms with Gasteiger partial charge < -0.3 is 22.4 Å². The summed E-state index contributed by atoms with van der Waals surface area (Å²) in [5.41, 5.74) is 0.790. The summed E-state index contributed by atoms with van der Waals surface area (Å²) in [5, 5.41) is 0. The summed E-state index contributed by atoms with van der Waals surface area (Å²) in [7, 11) is -9.86. The van der Waals surface area contributed by atoms with E-state index in [0.717, 1.165) is 5.56 Å². The number of hydrogen-bond donors (Lipinski definition) is 1. The number of rotatable bonds is 16. The average Bonchev–Trinajstić information content (AvgIpc) is 3.55. The molecule has 4 rings (SSSR count). The lowest BCUT2D eigenvalue weighted by molar-refractivity contribution is 0.164. The summed E-state index contributed by atoms with van der Waals surface area (Å²) >= 11 is 0. The number of aryl methyl sites for hydroxylation is 1. The number of benzene rings is 2. The Morgan fingerprint density at radius 1 is 0.778 bits per heavy atom. The molecule has 0 spiro atoms. The summed E-state index contributed by atoms with van der Waals surface area (Å²) in [6, 6.07) is 16.3. The zero-order chi connectivity index (χ0) is 32.8. The Morgan fingerprint density at radius 3 is 1.82 bits per heavy atom. The van der Waals surface area contributed by atoms with Crippen LogP contribution in [0.25, 0.3) is 0 Å². The molecule has 15 heteroatoms. The van der Waals surface area contributed by atoms with Crippen LogP contribution in [0, 0.1) is 0 Å². The number of para-hydroxylation sites is 1. The van der Waals surface area contributed by atoms with Gasteiger partial charge in [-0.2, -0.15) is 8.42 Å². The van der Waals surface area contributed by atoms with Gasteiger partial charge in [-0.3, -0.25) is 18.2 Å². The molecule has 2 aromatic heterocycles. The molecule has 0 fully saturated rings. The molecule has 2 heterocycles. The van der Waals surface area contributed by atoms with Gasteiger partial charge in [0.25, 0.3) is 10.1 Å². The number of hydrogen-bond acceptors (Lipinski definition) is 12. The largest absolute Gasteiger partial charge is 0.519 e. The van der Waals surface area contributed by atoms with Crippen LogP contribution in [0.4, 0.5) is 0 Å². The van der Waals surface area contributed by atoms with Crippen LogP contribution < -0.4 is 16.4 Å². The Hall–Kier alpha value is -3.68. The Bertz CT molecular complexity index is 1760. The molecule has 2 aromatic carbocycles. The van der Waals surface area contributed by atoms with Gasteiger partial charge in [-0.25, -0.2) is 9.59 Å². The summed E-state index contributed by atoms with van der Waals surface area (Å²) in [4.78, 5) is 21.5. The van der Waals surface area contributed by atoms with E-state index in [9.17, 15) is 27.1 Å². The summed E-state index contributed by atoms with van der Waals surface area (Å²) in [6.45, 7) is 5.50. The first-order chi connectivity index (χ1) is 21.2. The van der Waals surface area contributed by atoms with Crippen molar-refractivity contribution in [3.05, 3.63) is 104 Å². The molecule has 1 unspecified atom stereocenters. The zero-order valence-corrected chi connectivity index (χ0v) is 26.9. The van der Waals surface area contributed by atoms with E-state index in [0.29, 0.717) is 17.9 Å². The smallest absolute Gasteiger partial charge is 0.457 e. The first-order valence-corrected chi connectivity index (χ1v) is 17.3. The quantitative estimate of drug-likeness (QED) is 0.0954. The topological polar surface area (TPSA) is 186 Å². The standard InChI is InChI=1S/C30H35O13PS/c1-19(2)27-24(40-29(31)42-27)17-37-44(33,38-18-25-28(20(3)4)43-30(32)41-25)26(45(34,35)36)15-9-11-21-10-8-14-23(16-21)39-22-12-6-5-7-13-22/h5-8,10,12-14,16,19-20,26H,9,11,15,17-18H2,1-4H3,(H,34,35,36). The maximum absolute atomic E-state index is 14.3. The average molecular weight is 667 g/mol. The van der Waals surface area contributed by atoms with E-state index in [2.05, 4.69) is 0 Å². The van der Waals surface area contributed by atoms with E-state index in [-0.39, 0.29) is 47.7 Å². The molecular weight excluding hydrogens is 631 g/mol. The first-order valence-electron chi connectivity index (χ1n) is 14.2. The van der Waals surface area contributed by atoms with Gasteiger partial charge in [-0.05, 0) is 49.1 Å². The minimum atomic E-state index is -5.05. The molecule has 13 nitrogen and oxygen atoms in total. The highest BCUT2D eigenvalue weighted by molar-refractivity contribution is 7.94.